The highest BCUT2D eigenvalue weighted by molar-refractivity contribution is 8.93. The normalized spacial score (nSPS) is 10.1. The van der Waals surface area contributed by atoms with Gasteiger partial charge >= 0.3 is 0 Å². The summed E-state index contributed by atoms with van der Waals surface area (Å²) in [6.45, 7) is 0. The maximum atomic E-state index is 13.0. The highest BCUT2D eigenvalue weighted by Crippen LogP contribution is 2.38. The Kier molecular flexibility index (Phi) is 6.64. The molecule has 3 rings (SSSR count). The zero-order valence-corrected chi connectivity index (χ0v) is 16.7. The second-order valence-electron chi connectivity index (χ2n) is 4.86. The molecule has 0 saturated carbocycles. The molecule has 0 aliphatic heterocycles. The van der Waals surface area contributed by atoms with Gasteiger partial charge in [0.1, 0.15) is 17.3 Å². The fraction of sp³-hybridized carbons (Fsp3) is 0.118. The summed E-state index contributed by atoms with van der Waals surface area (Å²) in [6.07, 6.45) is 0. The van der Waals surface area contributed by atoms with Crippen LogP contribution in [0.25, 0.3) is 11.3 Å². The second-order valence-corrected chi connectivity index (χ2v) is 6.12. The monoisotopic (exact) mass is 444 g/mol. The van der Waals surface area contributed by atoms with E-state index < -0.39 is 0 Å². The number of methoxy groups -OCH3 is 2. The van der Waals surface area contributed by atoms with Crippen LogP contribution in [-0.4, -0.2) is 19.2 Å². The standard InChI is InChI=1S/C17H14ClFN2O2S.BrH/c1-22-15-8-13(16(23-2)7-12(15)18)20-17-21-14(9-24-17)10-3-5-11(19)6-4-10;/h3-9H,1-2H3,(H,20,21);1H. The molecule has 0 bridgehead atoms. The molecule has 0 unspecified atom stereocenters. The van der Waals surface area contributed by atoms with Crippen molar-refractivity contribution in [3.63, 3.8) is 0 Å². The number of hydrogen-bond donors (Lipinski definition) is 1. The van der Waals surface area contributed by atoms with Crippen LogP contribution >= 0.6 is 39.9 Å². The third-order valence-electron chi connectivity index (χ3n) is 3.36. The van der Waals surface area contributed by atoms with Gasteiger partial charge in [0.25, 0.3) is 0 Å². The number of aromatic nitrogens is 1. The van der Waals surface area contributed by atoms with Crippen LogP contribution in [0, 0.1) is 5.82 Å². The maximum absolute atomic E-state index is 13.0. The van der Waals surface area contributed by atoms with Crippen LogP contribution in [0.5, 0.6) is 11.5 Å². The van der Waals surface area contributed by atoms with E-state index in [1.54, 1.807) is 38.5 Å². The number of nitrogens with zero attached hydrogens (tertiary/aromatic N) is 1. The molecule has 0 aliphatic carbocycles. The van der Waals surface area contributed by atoms with Crippen LogP contribution in [0.2, 0.25) is 5.02 Å². The average molecular weight is 446 g/mol. The molecule has 2 aromatic carbocycles. The quantitative estimate of drug-likeness (QED) is 0.528. The van der Waals surface area contributed by atoms with E-state index in [0.717, 1.165) is 11.3 Å². The number of anilines is 2. The molecule has 0 saturated heterocycles. The molecule has 0 atom stereocenters. The van der Waals surface area contributed by atoms with Crippen LogP contribution in [0.4, 0.5) is 15.2 Å². The van der Waals surface area contributed by atoms with Crippen molar-refractivity contribution in [2.24, 2.45) is 0 Å². The Bertz CT molecular complexity index is 858. The van der Waals surface area contributed by atoms with Crippen molar-refractivity contribution >= 4 is 50.7 Å². The van der Waals surface area contributed by atoms with E-state index >= 15 is 0 Å². The summed E-state index contributed by atoms with van der Waals surface area (Å²) in [4.78, 5) is 4.51. The number of rotatable bonds is 5. The minimum absolute atomic E-state index is 0. The lowest BCUT2D eigenvalue weighted by atomic mass is 10.2. The zero-order chi connectivity index (χ0) is 17.1. The number of benzene rings is 2. The number of hydrogen-bond acceptors (Lipinski definition) is 5. The number of nitrogens with one attached hydrogen (secondary N) is 1. The van der Waals surface area contributed by atoms with Crippen LogP contribution in [-0.2, 0) is 0 Å². The molecule has 4 nitrogen and oxygen atoms in total. The van der Waals surface area contributed by atoms with Crippen molar-refractivity contribution in [1.82, 2.24) is 4.98 Å². The van der Waals surface area contributed by atoms with Crippen molar-refractivity contribution in [3.05, 3.63) is 52.6 Å². The lowest BCUT2D eigenvalue weighted by Gasteiger charge is -2.12. The SMILES string of the molecule is Br.COc1cc(Nc2nc(-c3ccc(F)cc3)cs2)c(OC)cc1Cl. The molecule has 0 aliphatic rings. The van der Waals surface area contributed by atoms with E-state index in [0.29, 0.717) is 27.3 Å². The molecule has 0 radical (unpaired) electrons. The third-order valence-corrected chi connectivity index (χ3v) is 4.41. The van der Waals surface area contributed by atoms with Gasteiger partial charge in [0.2, 0.25) is 0 Å². The molecule has 1 N–H and O–H groups in total. The van der Waals surface area contributed by atoms with Gasteiger partial charge < -0.3 is 14.8 Å². The molecular weight excluding hydrogens is 431 g/mol. The van der Waals surface area contributed by atoms with Crippen molar-refractivity contribution in [1.29, 1.82) is 0 Å². The Morgan fingerprint density at radius 2 is 1.76 bits per heavy atom. The van der Waals surface area contributed by atoms with Gasteiger partial charge in [0, 0.05) is 23.1 Å². The van der Waals surface area contributed by atoms with Gasteiger partial charge in [-0.1, -0.05) is 11.6 Å². The first-order valence-electron chi connectivity index (χ1n) is 7.00. The molecule has 25 heavy (non-hydrogen) atoms. The Balaban J connectivity index is 0.00000225. The smallest absolute Gasteiger partial charge is 0.187 e. The predicted octanol–water partition coefficient (Wildman–Crippen LogP) is 5.94. The summed E-state index contributed by atoms with van der Waals surface area (Å²) in [5, 5.41) is 6.24. The summed E-state index contributed by atoms with van der Waals surface area (Å²) in [7, 11) is 3.11. The van der Waals surface area contributed by atoms with Crippen LogP contribution < -0.4 is 14.8 Å². The van der Waals surface area contributed by atoms with Gasteiger partial charge in [-0.15, -0.1) is 28.3 Å². The summed E-state index contributed by atoms with van der Waals surface area (Å²) in [5.41, 5.74) is 2.31. The van der Waals surface area contributed by atoms with Gasteiger partial charge in [-0.25, -0.2) is 9.37 Å². The molecule has 1 aromatic heterocycles. The Morgan fingerprint density at radius 1 is 1.08 bits per heavy atom. The van der Waals surface area contributed by atoms with E-state index in [2.05, 4.69) is 10.3 Å². The summed E-state index contributed by atoms with van der Waals surface area (Å²) in [5.74, 6) is 0.847. The van der Waals surface area contributed by atoms with Gasteiger partial charge in [0.05, 0.1) is 30.6 Å². The summed E-state index contributed by atoms with van der Waals surface area (Å²) in [6, 6.07) is 9.64. The molecule has 0 amide bonds. The Morgan fingerprint density at radius 3 is 2.40 bits per heavy atom. The van der Waals surface area contributed by atoms with Gasteiger partial charge in [0.15, 0.2) is 5.13 Å². The molecule has 0 spiro atoms. The van der Waals surface area contributed by atoms with Gasteiger partial charge in [-0.3, -0.25) is 0 Å². The van der Waals surface area contributed by atoms with E-state index in [-0.39, 0.29) is 22.8 Å². The van der Waals surface area contributed by atoms with Crippen LogP contribution in [0.1, 0.15) is 0 Å². The van der Waals surface area contributed by atoms with Crippen molar-refractivity contribution in [3.8, 4) is 22.8 Å². The second kappa shape index (κ2) is 8.51. The third kappa shape index (κ3) is 4.42. The number of thiazole rings is 1. The van der Waals surface area contributed by atoms with Crippen molar-refractivity contribution < 1.29 is 13.9 Å². The molecule has 0 fully saturated rings. The first kappa shape index (κ1) is 19.5. The zero-order valence-electron chi connectivity index (χ0n) is 13.4. The fourth-order valence-corrected chi connectivity index (χ4v) is 3.12. The first-order chi connectivity index (χ1) is 11.6. The van der Waals surface area contributed by atoms with E-state index in [9.17, 15) is 4.39 Å². The van der Waals surface area contributed by atoms with Crippen LogP contribution in [0.3, 0.4) is 0 Å². The molecule has 8 heteroatoms. The maximum Gasteiger partial charge on any atom is 0.187 e. The topological polar surface area (TPSA) is 43.4 Å². The summed E-state index contributed by atoms with van der Waals surface area (Å²) < 4.78 is 23.6. The first-order valence-corrected chi connectivity index (χ1v) is 8.26. The van der Waals surface area contributed by atoms with Gasteiger partial charge in [-0.2, -0.15) is 0 Å². The number of halogens is 3. The largest absolute Gasteiger partial charge is 0.495 e. The minimum atomic E-state index is -0.273. The summed E-state index contributed by atoms with van der Waals surface area (Å²) >= 11 is 7.54. The molecule has 132 valence electrons. The average Bonchev–Trinajstić information content (AvgIpc) is 3.05. The number of ether oxygens (including phenoxy) is 2. The Labute approximate surface area is 164 Å². The lowest BCUT2D eigenvalue weighted by molar-refractivity contribution is 0.405. The predicted molar refractivity (Wildman–Crippen MR) is 106 cm³/mol. The van der Waals surface area contributed by atoms with Gasteiger partial charge in [-0.05, 0) is 24.3 Å². The van der Waals surface area contributed by atoms with E-state index in [4.69, 9.17) is 21.1 Å². The highest BCUT2D eigenvalue weighted by Gasteiger charge is 2.12. The van der Waals surface area contributed by atoms with Crippen LogP contribution in [0.15, 0.2) is 41.8 Å². The molecular formula is C17H15BrClFN2O2S. The van der Waals surface area contributed by atoms with Crippen molar-refractivity contribution in [2.45, 2.75) is 0 Å². The van der Waals surface area contributed by atoms with Crippen molar-refractivity contribution in [2.75, 3.05) is 19.5 Å². The Hall–Kier alpha value is -1.83. The molecule has 3 aromatic rings. The highest BCUT2D eigenvalue weighted by atomic mass is 79.9. The van der Waals surface area contributed by atoms with E-state index in [1.165, 1.54) is 23.5 Å². The minimum Gasteiger partial charge on any atom is -0.495 e. The fourth-order valence-electron chi connectivity index (χ4n) is 2.16. The molecule has 1 heterocycles. The van der Waals surface area contributed by atoms with E-state index in [1.807, 2.05) is 5.38 Å². The lowest BCUT2D eigenvalue weighted by Crippen LogP contribution is -1.96.